The average Bonchev–Trinajstić information content (AvgIpc) is 2.77. The Hall–Kier alpha value is -3.77. The van der Waals surface area contributed by atoms with Gasteiger partial charge in [0.25, 0.3) is 5.91 Å². The number of nitrogens with two attached hydrogens (primary N) is 1. The van der Waals surface area contributed by atoms with Crippen LogP contribution >= 0.6 is 11.6 Å². The molecule has 0 radical (unpaired) electrons. The Kier molecular flexibility index (Phi) is 5.91. The predicted octanol–water partition coefficient (Wildman–Crippen LogP) is 5.64. The Labute approximate surface area is 185 Å². The lowest BCUT2D eigenvalue weighted by Crippen LogP contribution is -2.19. The molecule has 0 saturated carbocycles. The summed E-state index contributed by atoms with van der Waals surface area (Å²) in [6.45, 7) is 2.83. The van der Waals surface area contributed by atoms with Crippen molar-refractivity contribution >= 4 is 34.7 Å². The van der Waals surface area contributed by atoms with E-state index in [1.165, 1.54) is 11.8 Å². The maximum absolute atomic E-state index is 12.8. The van der Waals surface area contributed by atoms with Crippen molar-refractivity contribution < 1.29 is 9.53 Å². The monoisotopic (exact) mass is 432 g/mol. The molecule has 0 bridgehead atoms. The van der Waals surface area contributed by atoms with Crippen molar-refractivity contribution in [2.45, 2.75) is 6.92 Å². The summed E-state index contributed by atoms with van der Waals surface area (Å²) in [5.41, 5.74) is 9.17. The Balaban J connectivity index is 1.48. The number of hydrogen-bond acceptors (Lipinski definition) is 5. The van der Waals surface area contributed by atoms with Crippen molar-refractivity contribution in [2.75, 3.05) is 22.5 Å². The molecule has 1 aliphatic rings. The number of benzene rings is 2. The molecule has 31 heavy (non-hydrogen) atoms. The third kappa shape index (κ3) is 5.05. The van der Waals surface area contributed by atoms with Crippen LogP contribution in [-0.4, -0.2) is 17.4 Å². The summed E-state index contributed by atoms with van der Waals surface area (Å²) >= 11 is 5.96. The average molecular weight is 433 g/mol. The second kappa shape index (κ2) is 8.93. The van der Waals surface area contributed by atoms with Gasteiger partial charge in [0, 0.05) is 48.0 Å². The molecule has 2 heterocycles. The van der Waals surface area contributed by atoms with Crippen molar-refractivity contribution in [3.05, 3.63) is 95.3 Å². The molecule has 156 valence electrons. The van der Waals surface area contributed by atoms with Crippen LogP contribution in [-0.2, 0) is 0 Å². The first kappa shape index (κ1) is 20.5. The van der Waals surface area contributed by atoms with Gasteiger partial charge in [0.05, 0.1) is 5.02 Å². The van der Waals surface area contributed by atoms with E-state index in [9.17, 15) is 4.79 Å². The number of pyridine rings is 1. The first-order valence-electron chi connectivity index (χ1n) is 9.70. The van der Waals surface area contributed by atoms with Crippen LogP contribution in [0.2, 0.25) is 5.02 Å². The zero-order chi connectivity index (χ0) is 21.8. The summed E-state index contributed by atoms with van der Waals surface area (Å²) in [6, 6.07) is 16.1. The molecule has 0 aliphatic carbocycles. The lowest BCUT2D eigenvalue weighted by Gasteiger charge is -2.22. The van der Waals surface area contributed by atoms with Gasteiger partial charge < -0.3 is 20.7 Å². The summed E-state index contributed by atoms with van der Waals surface area (Å²) < 4.78 is 5.78. The Morgan fingerprint density at radius 1 is 1.19 bits per heavy atom. The number of amides is 1. The number of aromatic nitrogens is 1. The minimum absolute atomic E-state index is 0.212. The molecule has 1 aliphatic heterocycles. The number of hydrogen-bond donors (Lipinski definition) is 2. The summed E-state index contributed by atoms with van der Waals surface area (Å²) in [6.07, 6.45) is 7.65. The smallest absolute Gasteiger partial charge is 0.255 e. The molecule has 3 aromatic rings. The predicted molar refractivity (Wildman–Crippen MR) is 125 cm³/mol. The molecule has 3 N–H and O–H groups in total. The van der Waals surface area contributed by atoms with Crippen LogP contribution in [0.3, 0.4) is 0 Å². The second-order valence-electron chi connectivity index (χ2n) is 7.09. The van der Waals surface area contributed by atoms with Crippen LogP contribution in [0.4, 0.5) is 17.2 Å². The topological polar surface area (TPSA) is 80.5 Å². The SMILES string of the molecule is CC1=CCN(c2cccc(C(=O)Nc3cccc(Oc4cc(Cl)cnc4N)c3)c2)C=C1. The molecule has 1 aromatic heterocycles. The van der Waals surface area contributed by atoms with Gasteiger partial charge in [-0.2, -0.15) is 0 Å². The van der Waals surface area contributed by atoms with E-state index >= 15 is 0 Å². The molecule has 6 nitrogen and oxygen atoms in total. The van der Waals surface area contributed by atoms with Gasteiger partial charge in [-0.1, -0.05) is 35.4 Å². The first-order chi connectivity index (χ1) is 15.0. The third-order valence-corrected chi connectivity index (χ3v) is 4.94. The zero-order valence-electron chi connectivity index (χ0n) is 16.9. The highest BCUT2D eigenvalue weighted by Crippen LogP contribution is 2.30. The Morgan fingerprint density at radius 2 is 2.03 bits per heavy atom. The number of allylic oxidation sites excluding steroid dienone is 2. The molecule has 2 aromatic carbocycles. The van der Waals surface area contributed by atoms with Crippen molar-refractivity contribution in [1.82, 2.24) is 4.98 Å². The summed E-state index contributed by atoms with van der Waals surface area (Å²) in [4.78, 5) is 18.9. The summed E-state index contributed by atoms with van der Waals surface area (Å²) in [7, 11) is 0. The van der Waals surface area contributed by atoms with Crippen LogP contribution < -0.4 is 20.7 Å². The number of nitrogens with one attached hydrogen (secondary N) is 1. The van der Waals surface area contributed by atoms with E-state index in [4.69, 9.17) is 22.1 Å². The maximum atomic E-state index is 12.8. The van der Waals surface area contributed by atoms with Crippen molar-refractivity contribution in [1.29, 1.82) is 0 Å². The minimum atomic E-state index is -0.212. The fourth-order valence-electron chi connectivity index (χ4n) is 3.08. The van der Waals surface area contributed by atoms with Crippen molar-refractivity contribution in [3.8, 4) is 11.5 Å². The molecule has 0 fully saturated rings. The van der Waals surface area contributed by atoms with E-state index in [1.807, 2.05) is 30.5 Å². The number of carbonyl (C=O) groups is 1. The molecule has 0 unspecified atom stereocenters. The van der Waals surface area contributed by atoms with Gasteiger partial charge in [0.15, 0.2) is 11.6 Å². The van der Waals surface area contributed by atoms with Crippen LogP contribution in [0.15, 0.2) is 84.7 Å². The van der Waals surface area contributed by atoms with Crippen LogP contribution in [0.5, 0.6) is 11.5 Å². The van der Waals surface area contributed by atoms with Gasteiger partial charge in [-0.3, -0.25) is 4.79 Å². The number of halogens is 1. The number of ether oxygens (including phenoxy) is 1. The van der Waals surface area contributed by atoms with E-state index in [1.54, 1.807) is 36.4 Å². The maximum Gasteiger partial charge on any atom is 0.255 e. The van der Waals surface area contributed by atoms with Gasteiger partial charge in [0.1, 0.15) is 5.75 Å². The largest absolute Gasteiger partial charge is 0.453 e. The minimum Gasteiger partial charge on any atom is -0.453 e. The van der Waals surface area contributed by atoms with Crippen LogP contribution in [0, 0.1) is 0 Å². The van der Waals surface area contributed by atoms with E-state index in [2.05, 4.69) is 28.2 Å². The first-order valence-corrected chi connectivity index (χ1v) is 10.1. The zero-order valence-corrected chi connectivity index (χ0v) is 17.6. The fraction of sp³-hybridized carbons (Fsp3) is 0.0833. The lowest BCUT2D eigenvalue weighted by molar-refractivity contribution is 0.102. The number of anilines is 3. The van der Waals surface area contributed by atoms with Gasteiger partial charge in [-0.05, 0) is 43.3 Å². The standard InChI is InChI=1S/C24H21ClN4O2/c1-16-8-10-29(11-9-16)20-6-2-4-17(12-20)24(30)28-19-5-3-7-21(14-19)31-22-13-18(25)15-27-23(22)26/h2-10,12-15H,11H2,1H3,(H2,26,27)(H,28,30). The summed E-state index contributed by atoms with van der Waals surface area (Å²) in [5, 5.41) is 3.33. The Bertz CT molecular complexity index is 1190. The molecular weight excluding hydrogens is 412 g/mol. The van der Waals surface area contributed by atoms with E-state index < -0.39 is 0 Å². The number of carbonyl (C=O) groups excluding carboxylic acids is 1. The fourth-order valence-corrected chi connectivity index (χ4v) is 3.22. The number of nitrogen functional groups attached to an aromatic ring is 1. The molecule has 7 heteroatoms. The quantitative estimate of drug-likeness (QED) is 0.545. The highest BCUT2D eigenvalue weighted by Gasteiger charge is 2.12. The molecule has 4 rings (SSSR count). The van der Waals surface area contributed by atoms with Crippen LogP contribution in [0.1, 0.15) is 17.3 Å². The third-order valence-electron chi connectivity index (χ3n) is 4.74. The van der Waals surface area contributed by atoms with Crippen molar-refractivity contribution in [3.63, 3.8) is 0 Å². The van der Waals surface area contributed by atoms with Gasteiger partial charge in [-0.15, -0.1) is 0 Å². The van der Waals surface area contributed by atoms with Crippen LogP contribution in [0.25, 0.3) is 0 Å². The molecule has 0 spiro atoms. The normalized spacial score (nSPS) is 13.0. The molecule has 0 saturated heterocycles. The number of nitrogens with zero attached hydrogens (tertiary/aromatic N) is 2. The van der Waals surface area contributed by atoms with E-state index in [0.29, 0.717) is 27.8 Å². The lowest BCUT2D eigenvalue weighted by atomic mass is 10.1. The second-order valence-corrected chi connectivity index (χ2v) is 7.52. The van der Waals surface area contributed by atoms with E-state index in [-0.39, 0.29) is 11.7 Å². The molecule has 0 atom stereocenters. The highest BCUT2D eigenvalue weighted by molar-refractivity contribution is 6.30. The van der Waals surface area contributed by atoms with Gasteiger partial charge in [-0.25, -0.2) is 4.98 Å². The van der Waals surface area contributed by atoms with Crippen molar-refractivity contribution in [2.24, 2.45) is 0 Å². The van der Waals surface area contributed by atoms with Gasteiger partial charge in [0.2, 0.25) is 0 Å². The van der Waals surface area contributed by atoms with Gasteiger partial charge >= 0.3 is 0 Å². The molecule has 1 amide bonds. The highest BCUT2D eigenvalue weighted by atomic mass is 35.5. The number of rotatable bonds is 5. The van der Waals surface area contributed by atoms with E-state index in [0.717, 1.165) is 12.2 Å². The summed E-state index contributed by atoms with van der Waals surface area (Å²) in [5.74, 6) is 0.869. The Morgan fingerprint density at radius 3 is 2.84 bits per heavy atom. The molecular formula is C24H21ClN4O2.